The van der Waals surface area contributed by atoms with E-state index in [1.807, 2.05) is 0 Å². The van der Waals surface area contributed by atoms with Gasteiger partial charge in [0.05, 0.1) is 28.4 Å². The molecule has 150 valence electrons. The maximum atomic E-state index is 12.6. The van der Waals surface area contributed by atoms with E-state index in [4.69, 9.17) is 75.0 Å². The Kier molecular flexibility index (Phi) is 8.30. The highest BCUT2D eigenvalue weighted by atomic mass is 35.6. The fourth-order valence-electron chi connectivity index (χ4n) is 2.14. The van der Waals surface area contributed by atoms with Crippen LogP contribution < -0.4 is 20.7 Å². The number of anilines is 1. The number of ether oxygens (including phenoxy) is 1. The van der Waals surface area contributed by atoms with E-state index in [-0.39, 0.29) is 10.7 Å². The number of carbonyl (C=O) groups is 1. The smallest absolute Gasteiger partial charge is 0.256 e. The normalized spacial score (nSPS) is 12.1. The molecule has 3 N–H and O–H groups in total. The molecule has 0 saturated heterocycles. The van der Waals surface area contributed by atoms with E-state index in [2.05, 4.69) is 16.0 Å². The van der Waals surface area contributed by atoms with Crippen molar-refractivity contribution in [3.63, 3.8) is 0 Å². The van der Waals surface area contributed by atoms with Gasteiger partial charge >= 0.3 is 0 Å². The van der Waals surface area contributed by atoms with Gasteiger partial charge < -0.3 is 20.7 Å². The summed E-state index contributed by atoms with van der Waals surface area (Å²) in [5, 5.41) is 8.86. The zero-order valence-corrected chi connectivity index (χ0v) is 18.8. The second-order valence-corrected chi connectivity index (χ2v) is 8.94. The van der Waals surface area contributed by atoms with E-state index in [1.165, 1.54) is 7.11 Å². The summed E-state index contributed by atoms with van der Waals surface area (Å²) in [6, 6.07) is 11.6. The van der Waals surface area contributed by atoms with E-state index < -0.39 is 15.9 Å². The van der Waals surface area contributed by atoms with Gasteiger partial charge in [0.15, 0.2) is 5.11 Å². The SMILES string of the molecule is COc1ccccc1C(=O)N[C@@H](NC(=S)Nc1c(Cl)cccc1Cl)C(Cl)(Cl)Cl. The van der Waals surface area contributed by atoms with Gasteiger partial charge in [0.25, 0.3) is 5.91 Å². The first kappa shape index (κ1) is 23.1. The van der Waals surface area contributed by atoms with Crippen LogP contribution in [0, 0.1) is 0 Å². The molecule has 0 radical (unpaired) electrons. The number of amides is 1. The summed E-state index contributed by atoms with van der Waals surface area (Å²) in [6.07, 6.45) is -1.17. The zero-order chi connectivity index (χ0) is 20.9. The van der Waals surface area contributed by atoms with Crippen molar-refractivity contribution in [3.8, 4) is 5.75 Å². The van der Waals surface area contributed by atoms with Gasteiger partial charge in [0.2, 0.25) is 3.79 Å². The largest absolute Gasteiger partial charge is 0.496 e. The molecule has 2 aromatic rings. The summed E-state index contributed by atoms with van der Waals surface area (Å²) >= 11 is 35.4. The first-order chi connectivity index (χ1) is 13.1. The standard InChI is InChI=1S/C17H14Cl5N3O2S/c1-27-12-8-3-2-5-9(12)14(26)24-15(17(20,21)22)25-16(28)23-13-10(18)6-4-7-11(13)19/h2-8,15H,1H3,(H,24,26)(H2,23,25,28)/t15-/m0/s1. The van der Waals surface area contributed by atoms with Crippen LogP contribution in [0.5, 0.6) is 5.75 Å². The second-order valence-electron chi connectivity index (χ2n) is 5.34. The third-order valence-electron chi connectivity index (χ3n) is 3.43. The Hall–Kier alpha value is -1.15. The van der Waals surface area contributed by atoms with E-state index in [0.29, 0.717) is 21.5 Å². The van der Waals surface area contributed by atoms with Gasteiger partial charge in [-0.25, -0.2) is 0 Å². The highest BCUT2D eigenvalue weighted by Crippen LogP contribution is 2.31. The number of nitrogens with one attached hydrogen (secondary N) is 3. The number of hydrogen-bond acceptors (Lipinski definition) is 3. The van der Waals surface area contributed by atoms with Crippen molar-refractivity contribution in [1.29, 1.82) is 0 Å². The Morgan fingerprint density at radius 2 is 1.64 bits per heavy atom. The molecule has 2 aromatic carbocycles. The van der Waals surface area contributed by atoms with Gasteiger partial charge in [-0.15, -0.1) is 0 Å². The molecule has 1 atom stereocenters. The predicted octanol–water partition coefficient (Wildman–Crippen LogP) is 5.41. The Morgan fingerprint density at radius 3 is 2.21 bits per heavy atom. The molecule has 0 aliphatic heterocycles. The highest BCUT2D eigenvalue weighted by molar-refractivity contribution is 7.80. The first-order valence-corrected chi connectivity index (χ1v) is 9.95. The second kappa shape index (κ2) is 10.1. The van der Waals surface area contributed by atoms with Crippen molar-refractivity contribution in [2.24, 2.45) is 0 Å². The van der Waals surface area contributed by atoms with Crippen LogP contribution in [-0.4, -0.2) is 28.1 Å². The van der Waals surface area contributed by atoms with Crippen LogP contribution in [0.2, 0.25) is 10.0 Å². The molecule has 0 spiro atoms. The number of methoxy groups -OCH3 is 1. The molecule has 0 aliphatic rings. The minimum Gasteiger partial charge on any atom is -0.496 e. The molecule has 0 aromatic heterocycles. The Balaban J connectivity index is 2.16. The lowest BCUT2D eigenvalue weighted by molar-refractivity contribution is 0.0931. The van der Waals surface area contributed by atoms with E-state index in [1.54, 1.807) is 42.5 Å². The van der Waals surface area contributed by atoms with Gasteiger partial charge in [-0.3, -0.25) is 4.79 Å². The Labute approximate surface area is 192 Å². The van der Waals surface area contributed by atoms with E-state index in [0.717, 1.165) is 0 Å². The average Bonchev–Trinajstić information content (AvgIpc) is 2.63. The summed E-state index contributed by atoms with van der Waals surface area (Å²) in [6.45, 7) is 0. The van der Waals surface area contributed by atoms with Gasteiger partial charge in [-0.1, -0.05) is 76.2 Å². The summed E-state index contributed by atoms with van der Waals surface area (Å²) in [5.41, 5.74) is 0.640. The monoisotopic (exact) mass is 499 g/mol. The minimum absolute atomic E-state index is 0.0339. The van der Waals surface area contributed by atoms with Crippen molar-refractivity contribution >= 4 is 86.9 Å². The fourth-order valence-corrected chi connectivity index (χ4v) is 3.18. The summed E-state index contributed by atoms with van der Waals surface area (Å²) in [7, 11) is 1.45. The lowest BCUT2D eigenvalue weighted by Crippen LogP contribution is -2.56. The van der Waals surface area contributed by atoms with Crippen LogP contribution in [-0.2, 0) is 0 Å². The van der Waals surface area contributed by atoms with Crippen LogP contribution in [0.15, 0.2) is 42.5 Å². The zero-order valence-electron chi connectivity index (χ0n) is 14.2. The van der Waals surface area contributed by atoms with Crippen molar-refractivity contribution in [2.45, 2.75) is 9.96 Å². The van der Waals surface area contributed by atoms with Crippen LogP contribution in [0.25, 0.3) is 0 Å². The number of hydrogen-bond donors (Lipinski definition) is 3. The molecule has 11 heteroatoms. The molecule has 0 bridgehead atoms. The molecular formula is C17H14Cl5N3O2S. The maximum absolute atomic E-state index is 12.6. The van der Waals surface area contributed by atoms with Crippen LogP contribution in [0.4, 0.5) is 5.69 Å². The van der Waals surface area contributed by atoms with Crippen molar-refractivity contribution in [2.75, 3.05) is 12.4 Å². The van der Waals surface area contributed by atoms with Gasteiger partial charge in [-0.2, -0.15) is 0 Å². The van der Waals surface area contributed by atoms with Crippen LogP contribution >= 0.6 is 70.2 Å². The van der Waals surface area contributed by atoms with Crippen molar-refractivity contribution in [1.82, 2.24) is 10.6 Å². The summed E-state index contributed by atoms with van der Waals surface area (Å²) < 4.78 is 3.25. The van der Waals surface area contributed by atoms with Gasteiger partial charge in [0.1, 0.15) is 11.9 Å². The van der Waals surface area contributed by atoms with Crippen LogP contribution in [0.3, 0.4) is 0 Å². The van der Waals surface area contributed by atoms with Crippen LogP contribution in [0.1, 0.15) is 10.4 Å². The maximum Gasteiger partial charge on any atom is 0.256 e. The number of benzene rings is 2. The number of carbonyl (C=O) groups excluding carboxylic acids is 1. The molecule has 28 heavy (non-hydrogen) atoms. The molecule has 1 amide bonds. The quantitative estimate of drug-likeness (QED) is 0.290. The molecule has 0 fully saturated rings. The predicted molar refractivity (Wildman–Crippen MR) is 120 cm³/mol. The van der Waals surface area contributed by atoms with E-state index in [9.17, 15) is 4.79 Å². The lowest BCUT2D eigenvalue weighted by Gasteiger charge is -2.28. The molecule has 0 heterocycles. The van der Waals surface area contributed by atoms with Crippen molar-refractivity contribution < 1.29 is 9.53 Å². The third kappa shape index (κ3) is 6.17. The summed E-state index contributed by atoms with van der Waals surface area (Å²) in [4.78, 5) is 12.6. The van der Waals surface area contributed by atoms with E-state index >= 15 is 0 Å². The molecular weight excluding hydrogens is 488 g/mol. The van der Waals surface area contributed by atoms with Gasteiger partial charge in [0, 0.05) is 0 Å². The molecule has 0 saturated carbocycles. The minimum atomic E-state index is -1.92. The van der Waals surface area contributed by atoms with Gasteiger partial charge in [-0.05, 0) is 36.5 Å². The third-order valence-corrected chi connectivity index (χ3v) is 4.94. The highest BCUT2D eigenvalue weighted by Gasteiger charge is 2.35. The topological polar surface area (TPSA) is 62.4 Å². The Morgan fingerprint density at radius 1 is 1.04 bits per heavy atom. The number of para-hydroxylation sites is 2. The fraction of sp³-hybridized carbons (Fsp3) is 0.176. The first-order valence-electron chi connectivity index (χ1n) is 7.65. The van der Waals surface area contributed by atoms with Crippen molar-refractivity contribution in [3.05, 3.63) is 58.1 Å². The number of thiocarbonyl (C=S) groups is 1. The molecule has 0 aliphatic carbocycles. The lowest BCUT2D eigenvalue weighted by atomic mass is 10.2. The molecule has 5 nitrogen and oxygen atoms in total. The molecule has 2 rings (SSSR count). The number of halogens is 5. The number of rotatable bonds is 5. The average molecular weight is 502 g/mol. The number of alkyl halides is 3. The molecule has 0 unspecified atom stereocenters. The Bertz CT molecular complexity index is 856. The summed E-state index contributed by atoms with van der Waals surface area (Å²) in [5.74, 6) is -0.161.